The Bertz CT molecular complexity index is 1160. The van der Waals surface area contributed by atoms with Crippen LogP contribution in [-0.2, 0) is 4.74 Å². The Kier molecular flexibility index (Phi) is 4.18. The Morgan fingerprint density at radius 2 is 1.89 bits per heavy atom. The van der Waals surface area contributed by atoms with Crippen molar-refractivity contribution in [3.8, 4) is 5.69 Å². The Balaban J connectivity index is 1.72. The van der Waals surface area contributed by atoms with Crippen LogP contribution in [0.3, 0.4) is 0 Å². The molecule has 7 heteroatoms. The Morgan fingerprint density at radius 1 is 1.07 bits per heavy atom. The first-order valence-electron chi connectivity index (χ1n) is 9.01. The number of rotatable bonds is 4. The number of hydrogen-bond donors (Lipinski definition) is 0. The molecule has 2 aromatic heterocycles. The highest BCUT2D eigenvalue weighted by Crippen LogP contribution is 2.26. The number of benzene rings is 2. The number of nitrogens with zero attached hydrogens (tertiary/aromatic N) is 4. The smallest absolute Gasteiger partial charge is 0.267 e. The minimum absolute atomic E-state index is 0.0904. The van der Waals surface area contributed by atoms with Crippen molar-refractivity contribution in [2.24, 2.45) is 0 Å². The van der Waals surface area contributed by atoms with Gasteiger partial charge < -0.3 is 4.74 Å². The van der Waals surface area contributed by atoms with Crippen LogP contribution in [0.25, 0.3) is 22.4 Å². The van der Waals surface area contributed by atoms with Crippen molar-refractivity contribution < 1.29 is 4.74 Å². The van der Waals surface area contributed by atoms with Crippen LogP contribution in [0.4, 0.5) is 0 Å². The quantitative estimate of drug-likeness (QED) is 0.510. The first kappa shape index (κ1) is 16.5. The van der Waals surface area contributed by atoms with E-state index in [0.29, 0.717) is 11.2 Å². The van der Waals surface area contributed by atoms with Crippen LogP contribution in [0, 0.1) is 0 Å². The minimum atomic E-state index is -0.0904. The van der Waals surface area contributed by atoms with Crippen molar-refractivity contribution in [2.45, 2.75) is 24.1 Å². The van der Waals surface area contributed by atoms with E-state index < -0.39 is 0 Å². The third-order valence-electron chi connectivity index (χ3n) is 4.83. The van der Waals surface area contributed by atoms with Gasteiger partial charge in [0.2, 0.25) is 5.78 Å². The Morgan fingerprint density at radius 3 is 2.70 bits per heavy atom. The van der Waals surface area contributed by atoms with E-state index >= 15 is 0 Å². The Hall–Kier alpha value is -2.64. The SMILES string of the molecule is O=c1c2ccccc2n2c(SCC3CCCO3)nnc2n1-c1ccccc1. The highest BCUT2D eigenvalue weighted by Gasteiger charge is 2.20. The van der Waals surface area contributed by atoms with E-state index in [-0.39, 0.29) is 11.7 Å². The lowest BCUT2D eigenvalue weighted by atomic mass is 10.2. The van der Waals surface area contributed by atoms with Gasteiger partial charge in [0, 0.05) is 12.4 Å². The second-order valence-electron chi connectivity index (χ2n) is 6.56. The maximum Gasteiger partial charge on any atom is 0.267 e. The molecule has 1 aliphatic heterocycles. The molecule has 1 atom stereocenters. The molecule has 3 heterocycles. The van der Waals surface area contributed by atoms with Gasteiger partial charge in [-0.1, -0.05) is 42.1 Å². The molecule has 0 spiro atoms. The monoisotopic (exact) mass is 378 g/mol. The summed E-state index contributed by atoms with van der Waals surface area (Å²) >= 11 is 1.63. The lowest BCUT2D eigenvalue weighted by molar-refractivity contribution is 0.129. The Labute approximate surface area is 159 Å². The second-order valence-corrected chi connectivity index (χ2v) is 7.54. The molecular weight excluding hydrogens is 360 g/mol. The highest BCUT2D eigenvalue weighted by molar-refractivity contribution is 7.99. The molecule has 1 aliphatic rings. The summed E-state index contributed by atoms with van der Waals surface area (Å²) in [5, 5.41) is 10.2. The van der Waals surface area contributed by atoms with Crippen molar-refractivity contribution in [3.63, 3.8) is 0 Å². The van der Waals surface area contributed by atoms with Gasteiger partial charge in [0.25, 0.3) is 5.56 Å². The summed E-state index contributed by atoms with van der Waals surface area (Å²) in [4.78, 5) is 13.2. The van der Waals surface area contributed by atoms with Gasteiger partial charge in [0.15, 0.2) is 5.16 Å². The standard InChI is InChI=1S/C20H18N4O2S/c25-18-16-10-4-5-11-17(16)24-19(23(18)14-7-2-1-3-8-14)21-22-20(24)27-13-15-9-6-12-26-15/h1-5,7-8,10-11,15H,6,9,12-13H2. The summed E-state index contributed by atoms with van der Waals surface area (Å²) in [5.41, 5.74) is 1.51. The molecule has 0 bridgehead atoms. The lowest BCUT2D eigenvalue weighted by Crippen LogP contribution is -2.21. The van der Waals surface area contributed by atoms with Gasteiger partial charge in [0.05, 0.1) is 22.7 Å². The molecule has 136 valence electrons. The van der Waals surface area contributed by atoms with Crippen LogP contribution in [0.15, 0.2) is 64.5 Å². The van der Waals surface area contributed by atoms with Crippen LogP contribution in [0.1, 0.15) is 12.8 Å². The van der Waals surface area contributed by atoms with E-state index in [2.05, 4.69) is 10.2 Å². The van der Waals surface area contributed by atoms with Crippen LogP contribution >= 0.6 is 11.8 Å². The molecule has 1 fully saturated rings. The molecule has 2 aromatic carbocycles. The summed E-state index contributed by atoms with van der Waals surface area (Å²) in [5.74, 6) is 1.36. The van der Waals surface area contributed by atoms with E-state index in [9.17, 15) is 4.79 Å². The first-order valence-corrected chi connectivity index (χ1v) is 10.0. The largest absolute Gasteiger partial charge is 0.377 e. The molecular formula is C20H18N4O2S. The molecule has 0 N–H and O–H groups in total. The molecule has 6 nitrogen and oxygen atoms in total. The van der Waals surface area contributed by atoms with Gasteiger partial charge in [-0.15, -0.1) is 10.2 Å². The van der Waals surface area contributed by atoms with Crippen LogP contribution in [-0.4, -0.2) is 37.6 Å². The number of fused-ring (bicyclic) bond motifs is 3. The zero-order valence-electron chi connectivity index (χ0n) is 14.6. The highest BCUT2D eigenvalue weighted by atomic mass is 32.2. The van der Waals surface area contributed by atoms with Gasteiger partial charge in [0.1, 0.15) is 0 Å². The van der Waals surface area contributed by atoms with Crippen molar-refractivity contribution in [3.05, 3.63) is 65.0 Å². The summed E-state index contributed by atoms with van der Waals surface area (Å²) < 4.78 is 9.34. The molecule has 0 aliphatic carbocycles. The molecule has 0 amide bonds. The first-order chi connectivity index (χ1) is 13.3. The number of ether oxygens (including phenoxy) is 1. The number of hydrogen-bond acceptors (Lipinski definition) is 5. The third-order valence-corrected chi connectivity index (χ3v) is 5.89. The van der Waals surface area contributed by atoms with Crippen molar-refractivity contribution in [2.75, 3.05) is 12.4 Å². The van der Waals surface area contributed by atoms with Gasteiger partial charge in [-0.25, -0.2) is 4.57 Å². The normalized spacial score (nSPS) is 17.1. The lowest BCUT2D eigenvalue weighted by Gasteiger charge is -2.12. The van der Waals surface area contributed by atoms with Crippen LogP contribution in [0.2, 0.25) is 0 Å². The van der Waals surface area contributed by atoms with E-state index in [1.165, 1.54) is 0 Å². The molecule has 27 heavy (non-hydrogen) atoms. The van der Waals surface area contributed by atoms with Gasteiger partial charge >= 0.3 is 0 Å². The molecule has 1 unspecified atom stereocenters. The molecule has 1 saturated heterocycles. The summed E-state index contributed by atoms with van der Waals surface area (Å²) in [7, 11) is 0. The fourth-order valence-electron chi connectivity index (χ4n) is 3.53. The third kappa shape index (κ3) is 2.83. The van der Waals surface area contributed by atoms with Crippen LogP contribution in [0.5, 0.6) is 0 Å². The summed E-state index contributed by atoms with van der Waals surface area (Å²) in [6.45, 7) is 0.836. The van der Waals surface area contributed by atoms with Gasteiger partial charge in [-0.2, -0.15) is 0 Å². The average Bonchev–Trinajstić information content (AvgIpc) is 3.37. The van der Waals surface area contributed by atoms with Gasteiger partial charge in [-0.3, -0.25) is 9.20 Å². The zero-order valence-corrected chi connectivity index (χ0v) is 15.4. The average molecular weight is 378 g/mol. The summed E-state index contributed by atoms with van der Waals surface area (Å²) in [6.07, 6.45) is 2.45. The van der Waals surface area contributed by atoms with E-state index in [1.807, 2.05) is 59.0 Å². The number of thioether (sulfide) groups is 1. The maximum atomic E-state index is 13.2. The van der Waals surface area contributed by atoms with E-state index in [1.54, 1.807) is 16.3 Å². The predicted octanol–water partition coefficient (Wildman–Crippen LogP) is 3.30. The van der Waals surface area contributed by atoms with Crippen LogP contribution < -0.4 is 5.56 Å². The second kappa shape index (κ2) is 6.83. The molecule has 4 aromatic rings. The fourth-order valence-corrected chi connectivity index (χ4v) is 4.53. The molecule has 0 radical (unpaired) electrons. The molecule has 5 rings (SSSR count). The summed E-state index contributed by atoms with van der Waals surface area (Å²) in [6, 6.07) is 17.2. The number of aromatic nitrogens is 4. The topological polar surface area (TPSA) is 61.4 Å². The van der Waals surface area contributed by atoms with E-state index in [4.69, 9.17) is 4.74 Å². The van der Waals surface area contributed by atoms with Crippen molar-refractivity contribution >= 4 is 28.4 Å². The van der Waals surface area contributed by atoms with Crippen molar-refractivity contribution in [1.29, 1.82) is 0 Å². The molecule has 0 saturated carbocycles. The zero-order chi connectivity index (χ0) is 18.2. The number of para-hydroxylation sites is 2. The van der Waals surface area contributed by atoms with E-state index in [0.717, 1.165) is 41.6 Å². The maximum absolute atomic E-state index is 13.2. The van der Waals surface area contributed by atoms with Gasteiger partial charge in [-0.05, 0) is 37.1 Å². The minimum Gasteiger partial charge on any atom is -0.377 e. The fraction of sp³-hybridized carbons (Fsp3) is 0.250. The predicted molar refractivity (Wildman–Crippen MR) is 106 cm³/mol. The van der Waals surface area contributed by atoms with Crippen molar-refractivity contribution in [1.82, 2.24) is 19.2 Å².